The molecule has 0 amide bonds. The number of rotatable bonds is 18. The number of β-amino-alcohol motifs (C(OH)–C–C–N with tert-alkyl or cyclic N) is 2. The van der Waals surface area contributed by atoms with Gasteiger partial charge in [0.05, 0.1) is 22.5 Å². The van der Waals surface area contributed by atoms with Gasteiger partial charge in [0.1, 0.15) is 32.3 Å². The van der Waals surface area contributed by atoms with Gasteiger partial charge in [0.2, 0.25) is 5.78 Å². The number of nitrogens with zero attached hydrogens (tertiary/aromatic N) is 2. The molecule has 1 aliphatic heterocycles. The van der Waals surface area contributed by atoms with Crippen molar-refractivity contribution in [1.29, 1.82) is 0 Å². The van der Waals surface area contributed by atoms with Gasteiger partial charge >= 0.3 is 35.4 Å². The Labute approximate surface area is 215 Å². The van der Waals surface area contributed by atoms with Crippen molar-refractivity contribution in [2.24, 2.45) is 0 Å². The smallest absolute Gasteiger partial charge is 0.748 e. The van der Waals surface area contributed by atoms with Crippen molar-refractivity contribution >= 4 is 21.7 Å². The molecule has 0 radical (unpaired) electrons. The quantitative estimate of drug-likeness (QED) is 0.0814. The molecule has 1 heterocycles. The van der Waals surface area contributed by atoms with E-state index in [9.17, 15) is 28.0 Å². The largest absolute Gasteiger partial charge is 1.00 e. The number of aliphatic hydroxyl groups excluding tert-OH is 2. The van der Waals surface area contributed by atoms with Crippen molar-refractivity contribution < 1.29 is 62.1 Å². The molecule has 0 aromatic rings. The maximum Gasteiger partial charge on any atom is 1.00 e. The fourth-order valence-electron chi connectivity index (χ4n) is 3.85. The van der Waals surface area contributed by atoms with Crippen LogP contribution in [0.3, 0.4) is 0 Å². The minimum absolute atomic E-state index is 0. The average molecular weight is 484 g/mol. The second kappa shape index (κ2) is 18.1. The minimum Gasteiger partial charge on any atom is -0.748 e. The minimum atomic E-state index is -4.54. The molecule has 1 atom stereocenters. The molecule has 0 saturated carbocycles. The summed E-state index contributed by atoms with van der Waals surface area (Å²) in [5.41, 5.74) is 0. The van der Waals surface area contributed by atoms with E-state index in [1.165, 1.54) is 38.5 Å². The molecule has 0 saturated heterocycles. The van der Waals surface area contributed by atoms with Crippen molar-refractivity contribution in [3.8, 4) is 0 Å². The van der Waals surface area contributed by atoms with Gasteiger partial charge < -0.3 is 14.8 Å². The van der Waals surface area contributed by atoms with E-state index in [0.29, 0.717) is 38.3 Å². The van der Waals surface area contributed by atoms with E-state index in [4.69, 9.17) is 0 Å². The maximum atomic E-state index is 12.8. The molecule has 8 nitrogen and oxygen atoms in total. The third kappa shape index (κ3) is 14.1. The molecule has 1 aliphatic rings. The summed E-state index contributed by atoms with van der Waals surface area (Å²) in [5.74, 6) is -0.604. The van der Waals surface area contributed by atoms with Gasteiger partial charge in [-0.05, 0) is 19.3 Å². The summed E-state index contributed by atoms with van der Waals surface area (Å²) >= 11 is 0. The Bertz CT molecular complexity index is 697. The zero-order chi connectivity index (χ0) is 23.1. The fourth-order valence-corrected chi connectivity index (χ4v) is 4.42. The van der Waals surface area contributed by atoms with Crippen LogP contribution in [0.25, 0.3) is 0 Å². The van der Waals surface area contributed by atoms with Gasteiger partial charge in [-0.3, -0.25) is 14.3 Å². The van der Waals surface area contributed by atoms with E-state index in [2.05, 4.69) is 13.0 Å². The van der Waals surface area contributed by atoms with E-state index in [0.717, 1.165) is 12.8 Å². The molecule has 1 unspecified atom stereocenters. The van der Waals surface area contributed by atoms with Crippen molar-refractivity contribution in [2.75, 3.05) is 38.5 Å². The summed E-state index contributed by atoms with van der Waals surface area (Å²) < 4.78 is 34.2. The first kappa shape index (κ1) is 31.7. The summed E-state index contributed by atoms with van der Waals surface area (Å²) in [6, 6.07) is 0. The third-order valence-electron chi connectivity index (χ3n) is 5.36. The summed E-state index contributed by atoms with van der Waals surface area (Å²) in [6.07, 6.45) is 13.6. The summed E-state index contributed by atoms with van der Waals surface area (Å²) in [7, 11) is -4.54. The van der Waals surface area contributed by atoms with E-state index in [1.54, 1.807) is 9.48 Å². The van der Waals surface area contributed by atoms with Crippen LogP contribution in [0, 0.1) is 0 Å². The predicted octanol–water partition coefficient (Wildman–Crippen LogP) is -1.34. The average Bonchev–Trinajstić information content (AvgIpc) is 3.06. The van der Waals surface area contributed by atoms with Crippen molar-refractivity contribution in [3.63, 3.8) is 0 Å². The van der Waals surface area contributed by atoms with Crippen molar-refractivity contribution in [3.05, 3.63) is 12.2 Å². The number of unbranched alkanes of at least 4 members (excludes halogenated alkanes) is 7. The van der Waals surface area contributed by atoms with E-state index in [1.807, 2.05) is 6.08 Å². The van der Waals surface area contributed by atoms with Crippen LogP contribution in [-0.4, -0.2) is 88.9 Å². The molecule has 0 spiro atoms. The van der Waals surface area contributed by atoms with Crippen LogP contribution in [0.5, 0.6) is 0 Å². The first-order chi connectivity index (χ1) is 14.8. The van der Waals surface area contributed by atoms with Crippen molar-refractivity contribution in [1.82, 2.24) is 4.90 Å². The molecule has 32 heavy (non-hydrogen) atoms. The molecular formula is C22H40N2NaO6S+. The van der Waals surface area contributed by atoms with Gasteiger partial charge in [-0.2, -0.15) is 0 Å². The number of aliphatic hydroxyl groups is 2. The Hall–Kier alpha value is -0.290. The predicted molar refractivity (Wildman–Crippen MR) is 120 cm³/mol. The summed E-state index contributed by atoms with van der Waals surface area (Å²) in [5, 5.41) is 19.2. The normalized spacial score (nSPS) is 15.4. The standard InChI is InChI=1S/C22H40N2O6S.Na/c1-2-3-4-5-6-7-8-9-10-11-12-13-21(27)22-23(16-17-25)14-15-24(22)18-20(26)19-31(28,29)30;/h10-11,20,25-26H,2-9,12-19H2,1H3;/q;+1/b11-10+;. The Morgan fingerprint density at radius 2 is 1.78 bits per heavy atom. The van der Waals surface area contributed by atoms with E-state index in [-0.39, 0.29) is 48.5 Å². The topological polar surface area (TPSA) is 121 Å². The van der Waals surface area contributed by atoms with Crippen LogP contribution in [0.1, 0.15) is 71.1 Å². The van der Waals surface area contributed by atoms with Gasteiger partial charge in [-0.25, -0.2) is 8.42 Å². The molecule has 2 N–H and O–H groups in total. The first-order valence-corrected chi connectivity index (χ1v) is 13.1. The van der Waals surface area contributed by atoms with Gasteiger partial charge in [-0.15, -0.1) is 0 Å². The molecule has 0 bridgehead atoms. The summed E-state index contributed by atoms with van der Waals surface area (Å²) in [4.78, 5) is 14.5. The van der Waals surface area contributed by atoms with Gasteiger partial charge in [0.25, 0.3) is 0 Å². The number of Topliss-reactive ketones (excluding diaryl/α,β-unsaturated/α-hetero) is 1. The Kier molecular flexibility index (Phi) is 17.9. The second-order valence-electron chi connectivity index (χ2n) is 8.20. The van der Waals surface area contributed by atoms with E-state index >= 15 is 0 Å². The fraction of sp³-hybridized carbons (Fsp3) is 0.818. The van der Waals surface area contributed by atoms with E-state index < -0.39 is 22.0 Å². The van der Waals surface area contributed by atoms with Crippen LogP contribution < -0.4 is 29.6 Å². The Morgan fingerprint density at radius 1 is 1.16 bits per heavy atom. The third-order valence-corrected chi connectivity index (χ3v) is 6.16. The van der Waals surface area contributed by atoms with Gasteiger partial charge in [0, 0.05) is 6.42 Å². The Balaban J connectivity index is 0.00000961. The Morgan fingerprint density at radius 3 is 2.41 bits per heavy atom. The first-order valence-electron chi connectivity index (χ1n) is 11.6. The van der Waals surface area contributed by atoms with Crippen molar-refractivity contribution in [2.45, 2.75) is 77.2 Å². The number of ketones is 1. The molecule has 10 heteroatoms. The van der Waals surface area contributed by atoms with Crippen LogP contribution in [-0.2, 0) is 14.9 Å². The van der Waals surface area contributed by atoms with Crippen LogP contribution in [0.2, 0.25) is 0 Å². The maximum absolute atomic E-state index is 12.8. The number of amidine groups is 1. The van der Waals surface area contributed by atoms with Gasteiger partial charge in [0.15, 0.2) is 0 Å². The van der Waals surface area contributed by atoms with Crippen LogP contribution >= 0.6 is 0 Å². The number of hydrogen-bond donors (Lipinski definition) is 2. The molecule has 0 aliphatic carbocycles. The number of carbonyl (C=O) groups is 1. The zero-order valence-electron chi connectivity index (χ0n) is 19.9. The van der Waals surface area contributed by atoms with Crippen LogP contribution in [0.15, 0.2) is 12.2 Å². The number of hydrogen-bond acceptors (Lipinski definition) is 7. The monoisotopic (exact) mass is 483 g/mol. The summed E-state index contributed by atoms with van der Waals surface area (Å²) in [6.45, 7) is 3.24. The molecule has 0 fully saturated rings. The zero-order valence-corrected chi connectivity index (χ0v) is 22.7. The second-order valence-corrected chi connectivity index (χ2v) is 9.65. The SMILES string of the molecule is CCCCCCCCC/C=C/CCC(=O)C1=[N+](CC(O)CS(=O)(=O)[O-])CCN1CCO.[Na+]. The molecular weight excluding hydrogens is 443 g/mol. The van der Waals surface area contributed by atoms with Gasteiger partial charge in [-0.1, -0.05) is 57.6 Å². The molecule has 1 rings (SSSR count). The molecule has 0 aromatic heterocycles. The molecule has 180 valence electrons. The van der Waals surface area contributed by atoms with Crippen LogP contribution in [0.4, 0.5) is 0 Å². The molecule has 0 aromatic carbocycles. The number of carbonyl (C=O) groups excluding carboxylic acids is 1. The number of allylic oxidation sites excluding steroid dienone is 2.